The zero-order valence-electron chi connectivity index (χ0n) is 18.0. The van der Waals surface area contributed by atoms with Gasteiger partial charge in [-0.05, 0) is 57.2 Å². The van der Waals surface area contributed by atoms with E-state index in [-0.39, 0.29) is 5.69 Å². The number of hydrogen-bond donors (Lipinski definition) is 1. The minimum Gasteiger partial charge on any atom is -0.465 e. The number of carbonyl (C=O) groups excluding carboxylic acids is 3. The molecule has 0 fully saturated rings. The number of ketones is 1. The second kappa shape index (κ2) is 7.98. The molecule has 0 bridgehead atoms. The van der Waals surface area contributed by atoms with E-state index in [2.05, 4.69) is 9.97 Å². The highest BCUT2D eigenvalue weighted by molar-refractivity contribution is 6.08. The molecule has 0 unspecified atom stereocenters. The molecule has 0 spiro atoms. The number of H-pyrrole nitrogens is 1. The number of esters is 2. The number of rotatable bonds is 5. The van der Waals surface area contributed by atoms with Gasteiger partial charge in [0.05, 0.1) is 29.4 Å². The van der Waals surface area contributed by atoms with Crippen molar-refractivity contribution in [2.24, 2.45) is 0 Å². The Labute approximate surface area is 179 Å². The summed E-state index contributed by atoms with van der Waals surface area (Å²) in [4.78, 5) is 45.9. The minimum absolute atomic E-state index is 0.239. The zero-order chi connectivity index (χ0) is 22.3. The van der Waals surface area contributed by atoms with Gasteiger partial charge in [-0.2, -0.15) is 0 Å². The van der Waals surface area contributed by atoms with Crippen molar-refractivity contribution < 1.29 is 23.9 Å². The lowest BCUT2D eigenvalue weighted by Crippen LogP contribution is -2.26. The van der Waals surface area contributed by atoms with E-state index in [1.54, 1.807) is 13.8 Å². The smallest absolute Gasteiger partial charge is 0.339 e. The van der Waals surface area contributed by atoms with Gasteiger partial charge in [-0.25, -0.2) is 9.59 Å². The summed E-state index contributed by atoms with van der Waals surface area (Å²) >= 11 is 0. The van der Waals surface area contributed by atoms with Crippen molar-refractivity contribution >= 4 is 28.6 Å². The number of nitrogens with one attached hydrogen (secondary N) is 1. The van der Waals surface area contributed by atoms with Gasteiger partial charge >= 0.3 is 11.9 Å². The summed E-state index contributed by atoms with van der Waals surface area (Å²) < 4.78 is 10.4. The molecule has 1 atom stereocenters. The van der Waals surface area contributed by atoms with Crippen LogP contribution in [0.2, 0.25) is 0 Å². The van der Waals surface area contributed by atoms with Crippen LogP contribution >= 0.6 is 0 Å². The Morgan fingerprint density at radius 1 is 1.06 bits per heavy atom. The number of Topliss-reactive ketones (excluding diaryl/α,β-unsaturated/α-hetero) is 1. The van der Waals surface area contributed by atoms with Crippen LogP contribution in [-0.2, 0) is 22.3 Å². The lowest BCUT2D eigenvalue weighted by atomic mass is 10.0. The number of hydrogen-bond acceptors (Lipinski definition) is 6. The van der Waals surface area contributed by atoms with Crippen LogP contribution in [0.3, 0.4) is 0 Å². The SMILES string of the molecule is COC(=O)c1c(C)[nH]c(C(=O)[C@@H](C)OC(=O)c2c3c(nc4ccccc24)CCC3)c1C. The van der Waals surface area contributed by atoms with Gasteiger partial charge in [0, 0.05) is 16.8 Å². The second-order valence-electron chi connectivity index (χ2n) is 7.81. The highest BCUT2D eigenvalue weighted by Gasteiger charge is 2.30. The normalized spacial score (nSPS) is 13.7. The predicted octanol–water partition coefficient (Wildman–Crippen LogP) is 3.88. The number of pyridine rings is 1. The first-order valence-electron chi connectivity index (χ1n) is 10.3. The summed E-state index contributed by atoms with van der Waals surface area (Å²) in [5, 5.41) is 0.729. The van der Waals surface area contributed by atoms with E-state index in [9.17, 15) is 14.4 Å². The van der Waals surface area contributed by atoms with Crippen molar-refractivity contribution in [2.45, 2.75) is 46.1 Å². The van der Waals surface area contributed by atoms with Gasteiger partial charge in [0.15, 0.2) is 6.10 Å². The highest BCUT2D eigenvalue weighted by Crippen LogP contribution is 2.31. The van der Waals surface area contributed by atoms with E-state index < -0.39 is 23.8 Å². The van der Waals surface area contributed by atoms with Crippen molar-refractivity contribution in [3.63, 3.8) is 0 Å². The third-order valence-electron chi connectivity index (χ3n) is 5.85. The molecule has 1 aromatic carbocycles. The number of aromatic amines is 1. The summed E-state index contributed by atoms with van der Waals surface area (Å²) in [5.41, 5.74) is 4.63. The van der Waals surface area contributed by atoms with Crippen LogP contribution in [0.15, 0.2) is 24.3 Å². The molecule has 0 aliphatic heterocycles. The number of aryl methyl sites for hydroxylation is 2. The molecule has 7 nitrogen and oxygen atoms in total. The van der Waals surface area contributed by atoms with Crippen molar-refractivity contribution in [2.75, 3.05) is 7.11 Å². The van der Waals surface area contributed by atoms with Crippen molar-refractivity contribution in [1.82, 2.24) is 9.97 Å². The van der Waals surface area contributed by atoms with Gasteiger partial charge in [0.25, 0.3) is 0 Å². The first kappa shape index (κ1) is 20.8. The third-order valence-corrected chi connectivity index (χ3v) is 5.85. The molecule has 31 heavy (non-hydrogen) atoms. The van der Waals surface area contributed by atoms with E-state index >= 15 is 0 Å². The number of para-hydroxylation sites is 1. The molecule has 3 aromatic rings. The molecule has 7 heteroatoms. The number of methoxy groups -OCH3 is 1. The maximum absolute atomic E-state index is 13.2. The fourth-order valence-corrected chi connectivity index (χ4v) is 4.33. The van der Waals surface area contributed by atoms with E-state index in [0.717, 1.165) is 41.4 Å². The maximum atomic E-state index is 13.2. The Balaban J connectivity index is 1.65. The number of benzene rings is 1. The number of nitrogens with zero attached hydrogens (tertiary/aromatic N) is 1. The van der Waals surface area contributed by atoms with E-state index in [4.69, 9.17) is 9.47 Å². The largest absolute Gasteiger partial charge is 0.465 e. The van der Waals surface area contributed by atoms with Gasteiger partial charge in [0.2, 0.25) is 5.78 Å². The standard InChI is InChI=1S/C24H24N2O5/c1-12-19(23(28)30-4)13(2)25-21(12)22(27)14(3)31-24(29)20-15-8-5-6-10-17(15)26-18-11-7-9-16(18)20/h5-6,8,10,14,25H,7,9,11H2,1-4H3/t14-/m1/s1. The van der Waals surface area contributed by atoms with Crippen LogP contribution in [0, 0.1) is 13.8 Å². The Kier molecular flexibility index (Phi) is 5.35. The van der Waals surface area contributed by atoms with Crippen molar-refractivity contribution in [3.8, 4) is 0 Å². The second-order valence-corrected chi connectivity index (χ2v) is 7.81. The van der Waals surface area contributed by atoms with Gasteiger partial charge in [-0.3, -0.25) is 9.78 Å². The van der Waals surface area contributed by atoms with Gasteiger partial charge in [0.1, 0.15) is 0 Å². The molecular weight excluding hydrogens is 396 g/mol. The molecule has 2 heterocycles. The molecule has 1 N–H and O–H groups in total. The van der Waals surface area contributed by atoms with Crippen LogP contribution in [0.4, 0.5) is 0 Å². The molecular formula is C24H24N2O5. The first-order valence-corrected chi connectivity index (χ1v) is 10.3. The molecule has 0 saturated carbocycles. The summed E-state index contributed by atoms with van der Waals surface area (Å²) in [5.74, 6) is -1.46. The van der Waals surface area contributed by atoms with Gasteiger partial charge in [-0.15, -0.1) is 0 Å². The van der Waals surface area contributed by atoms with Crippen LogP contribution < -0.4 is 0 Å². The molecule has 1 aliphatic carbocycles. The predicted molar refractivity (Wildman–Crippen MR) is 115 cm³/mol. The maximum Gasteiger partial charge on any atom is 0.339 e. The average Bonchev–Trinajstić information content (AvgIpc) is 3.34. The highest BCUT2D eigenvalue weighted by atomic mass is 16.5. The Morgan fingerprint density at radius 3 is 2.55 bits per heavy atom. The molecule has 0 saturated heterocycles. The fourth-order valence-electron chi connectivity index (χ4n) is 4.33. The van der Waals surface area contributed by atoms with Gasteiger partial charge in [-0.1, -0.05) is 18.2 Å². The first-order chi connectivity index (χ1) is 14.8. The Morgan fingerprint density at radius 2 is 1.81 bits per heavy atom. The van der Waals surface area contributed by atoms with E-state index in [1.807, 2.05) is 24.3 Å². The molecule has 4 rings (SSSR count). The lowest BCUT2D eigenvalue weighted by Gasteiger charge is -2.16. The quantitative estimate of drug-likeness (QED) is 0.497. The van der Waals surface area contributed by atoms with E-state index in [0.29, 0.717) is 22.4 Å². The average molecular weight is 420 g/mol. The van der Waals surface area contributed by atoms with Crippen LogP contribution in [-0.4, -0.2) is 40.9 Å². The topological polar surface area (TPSA) is 98.4 Å². The third kappa shape index (κ3) is 3.50. The number of ether oxygens (including phenoxy) is 2. The van der Waals surface area contributed by atoms with Crippen LogP contribution in [0.1, 0.15) is 67.1 Å². The summed E-state index contributed by atoms with van der Waals surface area (Å²) in [6, 6.07) is 7.47. The van der Waals surface area contributed by atoms with Crippen LogP contribution in [0.25, 0.3) is 10.9 Å². The van der Waals surface area contributed by atoms with Crippen molar-refractivity contribution in [1.29, 1.82) is 0 Å². The Bertz CT molecular complexity index is 1220. The number of aromatic nitrogens is 2. The molecule has 0 radical (unpaired) electrons. The monoisotopic (exact) mass is 420 g/mol. The molecule has 2 aromatic heterocycles. The van der Waals surface area contributed by atoms with Crippen LogP contribution in [0.5, 0.6) is 0 Å². The van der Waals surface area contributed by atoms with E-state index in [1.165, 1.54) is 14.0 Å². The summed E-state index contributed by atoms with van der Waals surface area (Å²) in [6.07, 6.45) is 1.49. The molecule has 0 amide bonds. The van der Waals surface area contributed by atoms with Crippen molar-refractivity contribution in [3.05, 3.63) is 63.6 Å². The lowest BCUT2D eigenvalue weighted by molar-refractivity contribution is 0.0317. The minimum atomic E-state index is -1.03. The number of fused-ring (bicyclic) bond motifs is 2. The van der Waals surface area contributed by atoms with Gasteiger partial charge < -0.3 is 14.5 Å². The zero-order valence-corrected chi connectivity index (χ0v) is 18.0. The molecule has 160 valence electrons. The summed E-state index contributed by atoms with van der Waals surface area (Å²) in [7, 11) is 1.29. The Hall–Kier alpha value is -3.48. The number of carbonyl (C=O) groups is 3. The fraction of sp³-hybridized carbons (Fsp3) is 0.333. The molecule has 1 aliphatic rings. The summed E-state index contributed by atoms with van der Waals surface area (Å²) in [6.45, 7) is 4.90.